The molecule has 2 unspecified atom stereocenters. The first-order valence-electron chi connectivity index (χ1n) is 7.77. The fraction of sp³-hybridized carbons (Fsp3) is 1.00. The molecule has 2 atom stereocenters. The maximum absolute atomic E-state index is 5.71. The summed E-state index contributed by atoms with van der Waals surface area (Å²) in [6.45, 7) is 6.52. The Morgan fingerprint density at radius 1 is 1.28 bits per heavy atom. The quantitative estimate of drug-likeness (QED) is 0.673. The summed E-state index contributed by atoms with van der Waals surface area (Å²) in [7, 11) is 2.23. The normalized spacial score (nSPS) is 26.5. The number of ether oxygens (including phenoxy) is 1. The molecule has 1 aliphatic carbocycles. The van der Waals surface area contributed by atoms with Gasteiger partial charge < -0.3 is 15.0 Å². The van der Waals surface area contributed by atoms with Gasteiger partial charge in [-0.25, -0.2) is 0 Å². The summed E-state index contributed by atoms with van der Waals surface area (Å²) in [4.78, 5) is 2.45. The molecule has 2 fully saturated rings. The van der Waals surface area contributed by atoms with E-state index in [1.165, 1.54) is 45.1 Å². The molecule has 2 aliphatic rings. The van der Waals surface area contributed by atoms with Crippen molar-refractivity contribution in [2.45, 2.75) is 57.5 Å². The van der Waals surface area contributed by atoms with Crippen LogP contribution in [0.1, 0.15) is 45.4 Å². The van der Waals surface area contributed by atoms with Crippen LogP contribution < -0.4 is 5.32 Å². The van der Waals surface area contributed by atoms with Crippen molar-refractivity contribution in [2.24, 2.45) is 5.92 Å². The number of piperidine rings is 1. The van der Waals surface area contributed by atoms with Crippen LogP contribution in [0, 0.1) is 5.92 Å². The molecule has 0 aromatic heterocycles. The molecular formula is C15H30N2O. The lowest BCUT2D eigenvalue weighted by Crippen LogP contribution is -2.41. The van der Waals surface area contributed by atoms with Gasteiger partial charge in [0.05, 0.1) is 6.61 Å². The van der Waals surface area contributed by atoms with E-state index in [4.69, 9.17) is 4.74 Å². The Labute approximate surface area is 112 Å². The Hall–Kier alpha value is -0.120. The topological polar surface area (TPSA) is 24.5 Å². The van der Waals surface area contributed by atoms with Crippen molar-refractivity contribution < 1.29 is 4.74 Å². The van der Waals surface area contributed by atoms with Crippen LogP contribution in [0.3, 0.4) is 0 Å². The van der Waals surface area contributed by atoms with Gasteiger partial charge in [-0.1, -0.05) is 6.42 Å². The summed E-state index contributed by atoms with van der Waals surface area (Å²) in [6, 6.07) is 1.40. The minimum atomic E-state index is 0.658. The van der Waals surface area contributed by atoms with E-state index >= 15 is 0 Å². The van der Waals surface area contributed by atoms with E-state index < -0.39 is 0 Å². The van der Waals surface area contributed by atoms with E-state index in [1.807, 2.05) is 0 Å². The Kier molecular flexibility index (Phi) is 5.93. The molecule has 0 bridgehead atoms. The van der Waals surface area contributed by atoms with Gasteiger partial charge in [0, 0.05) is 25.2 Å². The smallest absolute Gasteiger partial charge is 0.0593 e. The molecule has 1 aliphatic heterocycles. The fourth-order valence-electron chi connectivity index (χ4n) is 2.68. The monoisotopic (exact) mass is 254 g/mol. The van der Waals surface area contributed by atoms with Crippen molar-refractivity contribution in [3.05, 3.63) is 0 Å². The van der Waals surface area contributed by atoms with E-state index in [0.29, 0.717) is 6.04 Å². The predicted molar refractivity (Wildman–Crippen MR) is 75.9 cm³/mol. The molecule has 1 saturated heterocycles. The highest BCUT2D eigenvalue weighted by Crippen LogP contribution is 2.28. The molecule has 0 spiro atoms. The summed E-state index contributed by atoms with van der Waals surface area (Å²) in [5.74, 6) is 0.888. The van der Waals surface area contributed by atoms with E-state index in [2.05, 4.69) is 24.2 Å². The van der Waals surface area contributed by atoms with E-state index in [-0.39, 0.29) is 0 Å². The first-order valence-corrected chi connectivity index (χ1v) is 7.77. The van der Waals surface area contributed by atoms with E-state index in [9.17, 15) is 0 Å². The fourth-order valence-corrected chi connectivity index (χ4v) is 2.68. The first-order chi connectivity index (χ1) is 8.75. The number of hydrogen-bond acceptors (Lipinski definition) is 3. The molecule has 0 aromatic rings. The second-order valence-electron chi connectivity index (χ2n) is 6.23. The van der Waals surface area contributed by atoms with E-state index in [1.54, 1.807) is 0 Å². The van der Waals surface area contributed by atoms with Gasteiger partial charge in [0.2, 0.25) is 0 Å². The van der Waals surface area contributed by atoms with Crippen LogP contribution in [0.4, 0.5) is 0 Å². The Morgan fingerprint density at radius 3 is 2.78 bits per heavy atom. The summed E-state index contributed by atoms with van der Waals surface area (Å²) in [5.41, 5.74) is 0. The van der Waals surface area contributed by atoms with Gasteiger partial charge in [-0.3, -0.25) is 0 Å². The predicted octanol–water partition coefficient (Wildman–Crippen LogP) is 2.27. The van der Waals surface area contributed by atoms with Gasteiger partial charge in [-0.15, -0.1) is 0 Å². The van der Waals surface area contributed by atoms with Crippen LogP contribution >= 0.6 is 0 Å². The first kappa shape index (κ1) is 14.3. The Balaban J connectivity index is 1.53. The van der Waals surface area contributed by atoms with Crippen molar-refractivity contribution in [3.8, 4) is 0 Å². The lowest BCUT2D eigenvalue weighted by Gasteiger charge is -2.31. The number of hydrogen-bond donors (Lipinski definition) is 1. The standard InChI is InChI=1S/C15H30N2O/c1-13(11-15-5-3-4-8-16-15)17(2)9-10-18-12-14-6-7-14/h13-16H,3-12H2,1-2H3. The summed E-state index contributed by atoms with van der Waals surface area (Å²) in [5, 5.41) is 3.64. The van der Waals surface area contributed by atoms with Crippen molar-refractivity contribution >= 4 is 0 Å². The molecular weight excluding hydrogens is 224 g/mol. The molecule has 0 amide bonds. The minimum absolute atomic E-state index is 0.658. The number of nitrogens with one attached hydrogen (secondary N) is 1. The van der Waals surface area contributed by atoms with E-state index in [0.717, 1.165) is 31.7 Å². The molecule has 3 nitrogen and oxygen atoms in total. The molecule has 0 aromatic carbocycles. The van der Waals surface area contributed by atoms with Crippen molar-refractivity contribution in [3.63, 3.8) is 0 Å². The Morgan fingerprint density at radius 2 is 2.11 bits per heavy atom. The molecule has 1 heterocycles. The zero-order valence-electron chi connectivity index (χ0n) is 12.2. The third-order valence-corrected chi connectivity index (χ3v) is 4.43. The van der Waals surface area contributed by atoms with Crippen molar-refractivity contribution in [1.82, 2.24) is 10.2 Å². The van der Waals surface area contributed by atoms with Gasteiger partial charge in [0.15, 0.2) is 0 Å². The van der Waals surface area contributed by atoms with Crippen molar-refractivity contribution in [1.29, 1.82) is 0 Å². The highest BCUT2D eigenvalue weighted by molar-refractivity contribution is 4.77. The molecule has 3 heteroatoms. The third-order valence-electron chi connectivity index (χ3n) is 4.43. The van der Waals surface area contributed by atoms with Gasteiger partial charge in [0.1, 0.15) is 0 Å². The van der Waals surface area contributed by atoms with Crippen molar-refractivity contribution in [2.75, 3.05) is 33.4 Å². The zero-order valence-corrected chi connectivity index (χ0v) is 12.2. The molecule has 0 radical (unpaired) electrons. The molecule has 1 saturated carbocycles. The average Bonchev–Trinajstić information content (AvgIpc) is 3.19. The zero-order chi connectivity index (χ0) is 12.8. The molecule has 18 heavy (non-hydrogen) atoms. The third kappa shape index (κ3) is 5.25. The van der Waals surface area contributed by atoms with Gasteiger partial charge in [-0.2, -0.15) is 0 Å². The second kappa shape index (κ2) is 7.46. The second-order valence-corrected chi connectivity index (χ2v) is 6.23. The van der Waals surface area contributed by atoms with Crippen LogP contribution in [-0.4, -0.2) is 50.3 Å². The Bertz CT molecular complexity index is 225. The maximum Gasteiger partial charge on any atom is 0.0593 e. The number of nitrogens with zero attached hydrogens (tertiary/aromatic N) is 1. The van der Waals surface area contributed by atoms with Gasteiger partial charge in [0.25, 0.3) is 0 Å². The molecule has 1 N–H and O–H groups in total. The highest BCUT2D eigenvalue weighted by atomic mass is 16.5. The SMILES string of the molecule is CC(CC1CCCCN1)N(C)CCOCC1CC1. The van der Waals surface area contributed by atoms with Crippen LogP contribution in [0.5, 0.6) is 0 Å². The molecule has 106 valence electrons. The van der Waals surface area contributed by atoms with Crippen LogP contribution in [-0.2, 0) is 4.74 Å². The maximum atomic E-state index is 5.71. The lowest BCUT2D eigenvalue weighted by atomic mass is 9.98. The average molecular weight is 254 g/mol. The molecule has 2 rings (SSSR count). The summed E-state index contributed by atoms with van der Waals surface area (Å²) >= 11 is 0. The van der Waals surface area contributed by atoms with Gasteiger partial charge >= 0.3 is 0 Å². The lowest BCUT2D eigenvalue weighted by molar-refractivity contribution is 0.0899. The largest absolute Gasteiger partial charge is 0.380 e. The minimum Gasteiger partial charge on any atom is -0.380 e. The number of likely N-dealkylation sites (N-methyl/N-ethyl adjacent to an activating group) is 1. The summed E-state index contributed by atoms with van der Waals surface area (Å²) < 4.78 is 5.71. The number of rotatable bonds is 8. The van der Waals surface area contributed by atoms with Gasteiger partial charge in [-0.05, 0) is 58.5 Å². The summed E-state index contributed by atoms with van der Waals surface area (Å²) in [6.07, 6.45) is 8.17. The van der Waals surface area contributed by atoms with Crippen LogP contribution in [0.2, 0.25) is 0 Å². The van der Waals surface area contributed by atoms with Crippen LogP contribution in [0.25, 0.3) is 0 Å². The van der Waals surface area contributed by atoms with Crippen LogP contribution in [0.15, 0.2) is 0 Å². The highest BCUT2D eigenvalue weighted by Gasteiger charge is 2.21.